The molecular formula is C78H117N13O56. The molecule has 0 spiro atoms. The van der Waals surface area contributed by atoms with Gasteiger partial charge in [0.05, 0.1) is 68.8 Å². The van der Waals surface area contributed by atoms with Crippen molar-refractivity contribution in [2.24, 2.45) is 16.0 Å². The maximum absolute atomic E-state index is 11.7. The number of terminal acetylenes is 2. The molecule has 10 aliphatic heterocycles. The zero-order valence-corrected chi connectivity index (χ0v) is 77.4. The maximum atomic E-state index is 11.7. The van der Waals surface area contributed by atoms with E-state index in [4.69, 9.17) is 115 Å². The van der Waals surface area contributed by atoms with Crippen molar-refractivity contribution < 1.29 is 277 Å². The topological polar surface area (TPSA) is 1140 Å². The molecule has 10 rings (SSSR count). The molecule has 6 amide bonds. The summed E-state index contributed by atoms with van der Waals surface area (Å²) in [5.41, 5.74) is 19.4. The third kappa shape index (κ3) is 40.0. The Labute approximate surface area is 825 Å². The highest BCUT2D eigenvalue weighted by atomic mass is 16.8. The summed E-state index contributed by atoms with van der Waals surface area (Å²) in [7, 11) is 0. The van der Waals surface area contributed by atoms with Gasteiger partial charge in [-0.3, -0.25) is 38.4 Å². The van der Waals surface area contributed by atoms with Gasteiger partial charge in [0.25, 0.3) is 52.6 Å². The summed E-state index contributed by atoms with van der Waals surface area (Å²) in [6, 6.07) is 0. The molecule has 10 aliphatic rings. The average molecular weight is 2130 g/mol. The number of carbonyl (C=O) groups excluding carboxylic acids is 9. The lowest BCUT2D eigenvalue weighted by atomic mass is 9.92. The van der Waals surface area contributed by atoms with Gasteiger partial charge in [0, 0.05) is 140 Å². The van der Waals surface area contributed by atoms with Gasteiger partial charge in [-0.15, -0.1) is 29.8 Å². The van der Waals surface area contributed by atoms with Crippen molar-refractivity contribution in [1.82, 2.24) is 20.8 Å². The first kappa shape index (κ1) is 131. The van der Waals surface area contributed by atoms with Gasteiger partial charge in [-0.1, -0.05) is 15.3 Å². The summed E-state index contributed by atoms with van der Waals surface area (Å²) in [5, 5.41) is 302. The number of nitrogens with zero attached hydrogens (tertiary/aromatic N) is 10. The molecule has 0 aromatic carbocycles. The molecule has 0 radical (unpaired) electrons. The van der Waals surface area contributed by atoms with Crippen LogP contribution in [0.2, 0.25) is 0 Å². The molecule has 30 atom stereocenters. The van der Waals surface area contributed by atoms with Crippen LogP contribution in [-0.2, 0) is 110 Å². The van der Waals surface area contributed by atoms with Gasteiger partial charge in [0.1, 0.15) is 98.0 Å². The monoisotopic (exact) mass is 2130 g/mol. The number of hydrogen-bond donors (Lipinski definition) is 32. The summed E-state index contributed by atoms with van der Waals surface area (Å²) in [6.07, 6.45) is -25.4. The number of azide groups is 2. The van der Waals surface area contributed by atoms with E-state index in [0.717, 1.165) is 9.48 Å². The molecule has 0 aromatic rings. The van der Waals surface area contributed by atoms with Crippen molar-refractivity contribution in [3.05, 3.63) is 31.3 Å². The minimum Gasteiger partial charge on any atom is -0.624 e. The zero-order chi connectivity index (χ0) is 113. The quantitative estimate of drug-likeness (QED) is 0.00303. The highest BCUT2D eigenvalue weighted by Crippen LogP contribution is 2.35. The molecule has 8 saturated heterocycles. The smallest absolute Gasteiger partial charge is 0.534 e. The Balaban J connectivity index is 0.000000569. The van der Waals surface area contributed by atoms with E-state index in [9.17, 15) is 164 Å². The van der Waals surface area contributed by atoms with Crippen LogP contribution in [-0.4, -0.2) is 503 Å². The molecule has 9 unspecified atom stereocenters. The van der Waals surface area contributed by atoms with E-state index in [0.29, 0.717) is 35.8 Å². The predicted octanol–water partition coefficient (Wildman–Crippen LogP) is -15.2. The number of nitrogens with two attached hydrogens (primary N) is 1. The van der Waals surface area contributed by atoms with Gasteiger partial charge >= 0.3 is 54.0 Å². The van der Waals surface area contributed by atoms with Crippen LogP contribution in [0.4, 0.5) is 9.59 Å². The summed E-state index contributed by atoms with van der Waals surface area (Å²) in [5.74, 6) is -21.0. The summed E-state index contributed by atoms with van der Waals surface area (Å²) in [4.78, 5) is 176. The van der Waals surface area contributed by atoms with Gasteiger partial charge in [0.2, 0.25) is 17.0 Å². The maximum Gasteiger partial charge on any atom is 0.534 e. The highest BCUT2D eigenvalue weighted by Gasteiger charge is 2.57. The first-order valence-electron chi connectivity index (χ1n) is 43.1. The number of carboxylic acids is 6. The van der Waals surface area contributed by atoms with Crippen LogP contribution >= 0.6 is 0 Å². The van der Waals surface area contributed by atoms with Gasteiger partial charge in [0.15, 0.2) is 38.2 Å². The van der Waals surface area contributed by atoms with E-state index >= 15 is 0 Å². The van der Waals surface area contributed by atoms with E-state index in [-0.39, 0.29) is 90.8 Å². The Morgan fingerprint density at radius 2 is 0.884 bits per heavy atom. The van der Waals surface area contributed by atoms with Crippen molar-refractivity contribution in [1.29, 1.82) is 0 Å². The molecule has 147 heavy (non-hydrogen) atoms. The summed E-state index contributed by atoms with van der Waals surface area (Å²) in [6.45, 7) is 0.988. The second-order valence-corrected chi connectivity index (χ2v) is 33.2. The van der Waals surface area contributed by atoms with E-state index < -0.39 is 316 Å². The van der Waals surface area contributed by atoms with Crippen LogP contribution in [0, 0.1) is 35.1 Å². The van der Waals surface area contributed by atoms with Crippen LogP contribution in [0.25, 0.3) is 20.9 Å². The largest absolute Gasteiger partial charge is 0.624 e. The van der Waals surface area contributed by atoms with Gasteiger partial charge in [-0.05, 0) is 11.1 Å². The van der Waals surface area contributed by atoms with E-state index in [1.54, 1.807) is 13.8 Å². The lowest BCUT2D eigenvalue weighted by Crippen LogP contribution is -2.62. The van der Waals surface area contributed by atoms with Crippen LogP contribution < -0.4 is 16.4 Å². The zero-order valence-electron chi connectivity index (χ0n) is 77.4. The number of nitrogens with one attached hydrogen (secondary N) is 2. The number of Topliss-reactive ketones (excluding diaryl/α,β-unsaturated/α-hetero) is 1. The number of alkyl carbamates (subject to hydrolysis) is 1. The van der Waals surface area contributed by atoms with Gasteiger partial charge in [-0.25, -0.2) is 47.8 Å². The van der Waals surface area contributed by atoms with E-state index in [1.165, 1.54) is 12.4 Å². The third-order valence-electron chi connectivity index (χ3n) is 21.6. The van der Waals surface area contributed by atoms with Gasteiger partial charge < -0.3 is 218 Å². The Morgan fingerprint density at radius 1 is 0.517 bits per heavy atom. The number of ether oxygens (including phenoxy) is 8. The fourth-order valence-corrected chi connectivity index (χ4v) is 13.1. The minimum atomic E-state index is -2.78. The second-order valence-electron chi connectivity index (χ2n) is 33.2. The third-order valence-corrected chi connectivity index (χ3v) is 21.6. The summed E-state index contributed by atoms with van der Waals surface area (Å²) < 4.78 is 39.4. The average Bonchev–Trinajstić information content (AvgIpc) is 1.75. The van der Waals surface area contributed by atoms with E-state index in [1.807, 2.05) is 0 Å². The fraction of sp³-hybridized carbons (Fsp3) is 0.731. The fourth-order valence-electron chi connectivity index (χ4n) is 13.1. The normalized spacial score (nSPS) is 33.0. The Bertz CT molecular complexity index is 4690. The Kier molecular flexibility index (Phi) is 53.6. The number of carbonyl (C=O) groups is 15. The number of ketones is 1. The molecule has 830 valence electrons. The Hall–Kier alpha value is -12.3. The highest BCUT2D eigenvalue weighted by molar-refractivity contribution is 6.35. The molecule has 0 bridgehead atoms. The number of carboxylic acid groups (broad SMARTS) is 6. The number of aliphatic hydroxyl groups excluding tert-OH is 19. The molecule has 33 N–H and O–H groups in total. The molecular weight excluding hydrogens is 2010 g/mol. The molecule has 69 nitrogen and oxygen atoms in total. The molecule has 0 aliphatic carbocycles. The van der Waals surface area contributed by atoms with Crippen molar-refractivity contribution in [2.75, 3.05) is 52.5 Å². The van der Waals surface area contributed by atoms with Crippen LogP contribution in [0.3, 0.4) is 0 Å². The van der Waals surface area contributed by atoms with Crippen molar-refractivity contribution in [3.8, 4) is 24.7 Å². The van der Waals surface area contributed by atoms with Crippen LogP contribution in [0.15, 0.2) is 10.2 Å². The van der Waals surface area contributed by atoms with E-state index in [2.05, 4.69) is 71.1 Å². The lowest BCUT2D eigenvalue weighted by Gasteiger charge is -2.41. The second kappa shape index (κ2) is 60.3. The number of amides is 6. The summed E-state index contributed by atoms with van der Waals surface area (Å²) >= 11 is 0. The number of aliphatic carboxylic acids is 6. The van der Waals surface area contributed by atoms with Gasteiger partial charge in [-0.2, -0.15) is 0 Å². The van der Waals surface area contributed by atoms with Crippen molar-refractivity contribution >= 4 is 102 Å². The first-order chi connectivity index (χ1) is 68.2. The molecule has 69 heteroatoms. The standard InChI is InChI=1S/C15H24N2O10.C13H19NO8.C11H14N2O6.C9H9NO4.C8H13N3O7.C8H15NO7.C5H9N3O4.C5H10O5.C4H4O5/c1-14(3-2-4-17(14)25)7-26-13(23)16-6-9(19)11-10(20)8(18)5-15(24,27-11)12(21)22;1-2-3-4-9(17)14-6-8(16)11-10(18)7(15)5-13(21,22-11)12(19)20;1-11(5-2-6-12(11)17)7-18-10(16)19-13-8(14)3-4-9(13)15;1-2-3-4-9(13)14-10-7(11)5-6-8(10)12;9-11-10-2-4(13)6-5(14)3(12)1-8(17,18-6)7(15)16;9-2-4(11)6-5(12)3(10)1-8(15,16-6)7(13)14;6-8-7-1-2-3(9)4(10)5(11)12-2;6-2-1-10-5(9)4(8)3(2)7;5-2(4(8)9)1-3(6)7/h4,8-11,18-20,24H,2-3,5-7H2,1H3,(H,16,23)(H,21,22);1,7-8,10-11,15-16,18,21H,3-6H2,(H,14,17)(H,19,20);6H,2-5,7H2,1H3;1H,3-6H2;3-6,12-14,17H,1-2H2,(H,15,16);3-6,10-12,15H,1-2,9H2,(H,13,14);2-5,9-11H,1H2;2-9H,1H2;1H2,(H,6,7)(H,8,9)/t8-,9-,10-,11?,14?,15-;7-,8-,10-,11?,13-;;;2*3-,4-,5-,6?,8-;2-,3+,4?,5?;2-,3+,4?,5+;/m11..1111./s1. The first-order valence-corrected chi connectivity index (χ1v) is 43.1. The van der Waals surface area contributed by atoms with Crippen molar-refractivity contribution in [2.45, 2.75) is 304 Å². The molecule has 0 saturated carbocycles. The Morgan fingerprint density at radius 3 is 1.22 bits per heavy atom. The molecule has 8 fully saturated rings. The number of hydroxylamine groups is 6. The number of rotatable bonds is 30. The molecule has 10 heterocycles. The SMILES string of the molecule is C#CCCC(=O)NC[C@@H](O)C1O[C@@](O)(C(=O)O)C[C@@H](O)[C@H]1O.C#CCCC(=O)ON1C(=O)CCC1=O.CC1(COC(=O)NC[C@@H](O)C2O[C@@](O)(C(=O)O)C[C@@H](O)[C@H]2O)CCC=[N+]1[O-].CC1(COC(=O)ON2C(=O)CCC2=O)CCC=[N+]1[O-].NC[C@@H](O)C1O[C@@](O)(C(=O)O)C[C@@H](O)[C@H]1O.O=C(O)CC(=O)C(=O)O.OC1[C@@H](O)[C@H](O)CO[C@@H]1O.[N-]=[N+]=NC[C@@H](O)C1O[C@@](O)(C(=O)O)C[C@@H](O)[C@H]1O.[N-]=[N+]=NC[C@H]1OC(O)C(O)[C@H]1O. The number of imide groups is 2. The lowest BCUT2D eigenvalue weighted by molar-refractivity contribution is -0.536. The van der Waals surface area contributed by atoms with Crippen LogP contribution in [0.5, 0.6) is 0 Å². The van der Waals surface area contributed by atoms with Crippen molar-refractivity contribution in [3.63, 3.8) is 0 Å². The number of aliphatic hydroxyl groups is 23. The van der Waals surface area contributed by atoms with Crippen LogP contribution in [0.1, 0.15) is 123 Å². The molecule has 0 aromatic heterocycles. The number of hydrogen-bond acceptors (Lipinski definition) is 53. The predicted molar refractivity (Wildman–Crippen MR) is 459 cm³/mol. The minimum absolute atomic E-state index is 0.00750.